The first-order valence-electron chi connectivity index (χ1n) is 13.7. The van der Waals surface area contributed by atoms with E-state index in [0.29, 0.717) is 0 Å². The maximum atomic E-state index is 5.16. The summed E-state index contributed by atoms with van der Waals surface area (Å²) in [5.41, 5.74) is 10.1. The third kappa shape index (κ3) is 5.42. The molecule has 0 fully saturated rings. The van der Waals surface area contributed by atoms with Crippen LogP contribution in [0.1, 0.15) is 103 Å². The first-order chi connectivity index (χ1) is 17.6. The van der Waals surface area contributed by atoms with Gasteiger partial charge < -0.3 is 0 Å². The van der Waals surface area contributed by atoms with Crippen molar-refractivity contribution in [2.24, 2.45) is 0 Å². The van der Waals surface area contributed by atoms with E-state index in [-0.39, 0.29) is 42.7 Å². The van der Waals surface area contributed by atoms with E-state index >= 15 is 0 Å². The van der Waals surface area contributed by atoms with Crippen LogP contribution in [0.3, 0.4) is 0 Å². The van der Waals surface area contributed by atoms with Gasteiger partial charge in [-0.05, 0) is 35.1 Å². The Morgan fingerprint density at radius 3 is 1.26 bits per heavy atom. The second-order valence-corrected chi connectivity index (χ2v) is 14.0. The van der Waals surface area contributed by atoms with Gasteiger partial charge in [0.25, 0.3) is 0 Å². The van der Waals surface area contributed by atoms with Crippen molar-refractivity contribution in [2.45, 2.75) is 90.9 Å². The average Bonchev–Trinajstić information content (AvgIpc) is 2.87. The molecule has 0 unspecified atom stereocenters. The molecule has 0 amide bonds. The molecule has 39 heavy (non-hydrogen) atoms. The van der Waals surface area contributed by atoms with Crippen molar-refractivity contribution in [3.05, 3.63) is 106 Å². The van der Waals surface area contributed by atoms with Gasteiger partial charge in [0.05, 0.1) is 11.4 Å². The monoisotopic (exact) mass is 695 g/mol. The van der Waals surface area contributed by atoms with E-state index in [0.717, 1.165) is 45.0 Å². The summed E-state index contributed by atoms with van der Waals surface area (Å²) in [5, 5.41) is 0. The molecular formula is C36H40N2Pt. The fraction of sp³-hybridized carbons (Fsp3) is 0.389. The Labute approximate surface area is 250 Å². The quantitative estimate of drug-likeness (QED) is 0.172. The number of hydrogen-bond donors (Lipinski definition) is 0. The topological polar surface area (TPSA) is 25.8 Å². The van der Waals surface area contributed by atoms with Crippen LogP contribution in [0.5, 0.6) is 0 Å². The van der Waals surface area contributed by atoms with Crippen LogP contribution in [0.15, 0.2) is 60.7 Å². The van der Waals surface area contributed by atoms with Crippen LogP contribution in [-0.4, -0.2) is 9.97 Å². The number of fused-ring (bicyclic) bond motifs is 10. The Kier molecular flexibility index (Phi) is 7.40. The maximum Gasteiger partial charge on any atom is 2.00 e. The number of benzene rings is 2. The summed E-state index contributed by atoms with van der Waals surface area (Å²) in [4.78, 5) is 10.3. The minimum atomic E-state index is -0.350. The number of rotatable bonds is 0. The van der Waals surface area contributed by atoms with Gasteiger partial charge in [-0.1, -0.05) is 81.4 Å². The molecule has 1 aliphatic heterocycles. The molecule has 1 aliphatic rings. The number of nitrogens with zero attached hydrogens (tertiary/aromatic N) is 2. The molecule has 2 aromatic carbocycles. The zero-order chi connectivity index (χ0) is 27.7. The minimum Gasteiger partial charge on any atom is -0.250 e. The van der Waals surface area contributed by atoms with Crippen molar-refractivity contribution < 1.29 is 21.1 Å². The number of pyridine rings is 2. The molecule has 0 saturated heterocycles. The van der Waals surface area contributed by atoms with E-state index in [2.05, 4.69) is 142 Å². The number of aromatic nitrogens is 2. The first kappa shape index (κ1) is 29.4. The van der Waals surface area contributed by atoms with Gasteiger partial charge in [0.1, 0.15) is 0 Å². The van der Waals surface area contributed by atoms with Crippen molar-refractivity contribution in [1.29, 1.82) is 0 Å². The maximum absolute atomic E-state index is 5.16. The predicted octanol–water partition coefficient (Wildman–Crippen LogP) is 8.97. The molecular weight excluding hydrogens is 655 g/mol. The van der Waals surface area contributed by atoms with E-state index in [1.807, 2.05) is 0 Å². The molecule has 2 aromatic heterocycles. The van der Waals surface area contributed by atoms with Crippen LogP contribution in [0.4, 0.5) is 0 Å². The summed E-state index contributed by atoms with van der Waals surface area (Å²) in [5.74, 6) is 0. The Balaban J connectivity index is 0.00000353. The molecule has 204 valence electrons. The average molecular weight is 696 g/mol. The second-order valence-electron chi connectivity index (χ2n) is 14.0. The summed E-state index contributed by atoms with van der Waals surface area (Å²) >= 11 is 0. The van der Waals surface area contributed by atoms with Crippen LogP contribution < -0.4 is 0 Å². The normalized spacial score (nSPS) is 15.6. The molecule has 8 bridgehead atoms. The Bertz CT molecular complexity index is 1410. The van der Waals surface area contributed by atoms with Crippen LogP contribution in [0.2, 0.25) is 0 Å². The molecule has 0 N–H and O–H groups in total. The number of hydrogen-bond acceptors (Lipinski definition) is 2. The van der Waals surface area contributed by atoms with E-state index < -0.39 is 0 Å². The molecule has 0 saturated carbocycles. The summed E-state index contributed by atoms with van der Waals surface area (Å²) in [7, 11) is 0. The zero-order valence-corrected chi connectivity index (χ0v) is 27.3. The summed E-state index contributed by atoms with van der Waals surface area (Å²) in [6.07, 6.45) is 0. The molecule has 5 rings (SSSR count). The smallest absolute Gasteiger partial charge is 0.250 e. The molecule has 3 heterocycles. The van der Waals surface area contributed by atoms with Crippen LogP contribution in [0.25, 0.3) is 22.5 Å². The fourth-order valence-corrected chi connectivity index (χ4v) is 5.10. The van der Waals surface area contributed by atoms with Crippen molar-refractivity contribution in [1.82, 2.24) is 9.97 Å². The van der Waals surface area contributed by atoms with Gasteiger partial charge >= 0.3 is 21.1 Å². The molecule has 0 spiro atoms. The standard InChI is InChI=1S/C36H40N2.Pt/c1-33(2,3)25-17-23-19-27(21-25)35(7,8)31-15-11-13-29(37-31)30-14-12-16-32(38-30)36(9,10)28-20-24(23)18-26(22-28)34(4,5)6;/h11-18,21-22H,1-10H3;/q-2;+2. The van der Waals surface area contributed by atoms with Crippen molar-refractivity contribution in [2.75, 3.05) is 0 Å². The van der Waals surface area contributed by atoms with Crippen molar-refractivity contribution in [3.63, 3.8) is 0 Å². The molecule has 3 heteroatoms. The third-order valence-corrected chi connectivity index (χ3v) is 8.15. The van der Waals surface area contributed by atoms with Gasteiger partial charge in [-0.15, -0.1) is 34.4 Å². The summed E-state index contributed by atoms with van der Waals surface area (Å²) in [6, 6.07) is 29.5. The summed E-state index contributed by atoms with van der Waals surface area (Å²) in [6.45, 7) is 22.7. The molecule has 0 aliphatic carbocycles. The molecule has 2 nitrogen and oxygen atoms in total. The van der Waals surface area contributed by atoms with Gasteiger partial charge in [-0.25, -0.2) is 11.1 Å². The third-order valence-electron chi connectivity index (χ3n) is 8.15. The van der Waals surface area contributed by atoms with Crippen molar-refractivity contribution in [3.8, 4) is 22.5 Å². The molecule has 0 radical (unpaired) electrons. The Morgan fingerprint density at radius 1 is 0.564 bits per heavy atom. The molecule has 4 aromatic rings. The van der Waals surface area contributed by atoms with E-state index in [4.69, 9.17) is 9.97 Å². The first-order valence-corrected chi connectivity index (χ1v) is 13.7. The Hall–Kier alpha value is -2.57. The summed E-state index contributed by atoms with van der Waals surface area (Å²) < 4.78 is 0. The van der Waals surface area contributed by atoms with Crippen LogP contribution in [0, 0.1) is 12.1 Å². The zero-order valence-electron chi connectivity index (χ0n) is 25.0. The van der Waals surface area contributed by atoms with Gasteiger partial charge in [0.2, 0.25) is 0 Å². The van der Waals surface area contributed by atoms with E-state index in [1.54, 1.807) is 0 Å². The molecule has 0 atom stereocenters. The van der Waals surface area contributed by atoms with Crippen molar-refractivity contribution >= 4 is 0 Å². The van der Waals surface area contributed by atoms with Gasteiger partial charge in [-0.3, -0.25) is 9.97 Å². The fourth-order valence-electron chi connectivity index (χ4n) is 5.10. The van der Waals surface area contributed by atoms with E-state index in [1.165, 1.54) is 11.1 Å². The predicted molar refractivity (Wildman–Crippen MR) is 159 cm³/mol. The van der Waals surface area contributed by atoms with Gasteiger partial charge in [-0.2, -0.15) is 24.3 Å². The second kappa shape index (κ2) is 9.81. The van der Waals surface area contributed by atoms with Crippen LogP contribution >= 0.6 is 0 Å². The largest absolute Gasteiger partial charge is 2.00 e. The SMILES string of the molecule is CC(C)(C)c1cc2[c-]c(c1)C(C)(C)c1cccc(n1)-c1cccc(n1)C(C)(C)c1[c-]c-2cc(C(C)(C)C)c1.[Pt+2]. The van der Waals surface area contributed by atoms with Gasteiger partial charge in [0.15, 0.2) is 0 Å². The minimum absolute atomic E-state index is 0. The van der Waals surface area contributed by atoms with Crippen LogP contribution in [-0.2, 0) is 42.7 Å². The van der Waals surface area contributed by atoms with E-state index in [9.17, 15) is 0 Å². The Morgan fingerprint density at radius 2 is 0.923 bits per heavy atom. The van der Waals surface area contributed by atoms with Gasteiger partial charge in [0, 0.05) is 22.2 Å².